The number of aryl methyl sites for hydroxylation is 1. The summed E-state index contributed by atoms with van der Waals surface area (Å²) in [7, 11) is 0. The van der Waals surface area contributed by atoms with Crippen molar-refractivity contribution in [2.75, 3.05) is 0 Å². The molecule has 0 N–H and O–H groups in total. The van der Waals surface area contributed by atoms with E-state index in [4.69, 9.17) is 16.1 Å². The zero-order valence-electron chi connectivity index (χ0n) is 10.5. The predicted molar refractivity (Wildman–Crippen MR) is 81.2 cm³/mol. The van der Waals surface area contributed by atoms with Crippen molar-refractivity contribution in [2.24, 2.45) is 0 Å². The molecule has 2 aromatic heterocycles. The molecule has 0 unspecified atom stereocenters. The minimum atomic E-state index is 0.515. The van der Waals surface area contributed by atoms with Gasteiger partial charge in [0.15, 0.2) is 4.34 Å². The Balaban J connectivity index is 1.72. The van der Waals surface area contributed by atoms with Gasteiger partial charge in [-0.15, -0.1) is 11.3 Å². The second kappa shape index (κ2) is 5.95. The van der Waals surface area contributed by atoms with E-state index >= 15 is 0 Å². The largest absolute Gasteiger partial charge is 0.338 e. The van der Waals surface area contributed by atoms with Gasteiger partial charge in [0, 0.05) is 16.6 Å². The highest BCUT2D eigenvalue weighted by Crippen LogP contribution is 2.28. The van der Waals surface area contributed by atoms with Gasteiger partial charge in [0.05, 0.1) is 10.8 Å². The Hall–Kier alpha value is -1.37. The first kappa shape index (κ1) is 13.6. The smallest absolute Gasteiger partial charge is 0.237 e. The van der Waals surface area contributed by atoms with Gasteiger partial charge < -0.3 is 4.52 Å². The van der Waals surface area contributed by atoms with Gasteiger partial charge in [-0.2, -0.15) is 4.98 Å². The zero-order valence-corrected chi connectivity index (χ0v) is 12.9. The molecule has 0 radical (unpaired) electrons. The molecule has 0 aliphatic heterocycles. The third-order valence-electron chi connectivity index (χ3n) is 2.50. The maximum atomic E-state index is 6.11. The third kappa shape index (κ3) is 3.03. The monoisotopic (exact) mass is 323 g/mol. The van der Waals surface area contributed by atoms with E-state index in [1.165, 1.54) is 0 Å². The van der Waals surface area contributed by atoms with Crippen molar-refractivity contribution in [2.45, 2.75) is 17.0 Å². The molecule has 3 aromatic rings. The molecule has 0 spiro atoms. The lowest BCUT2D eigenvalue weighted by Crippen LogP contribution is -1.83. The molecule has 2 heterocycles. The molecular formula is C13H10ClN3OS2. The van der Waals surface area contributed by atoms with Gasteiger partial charge in [0.1, 0.15) is 0 Å². The van der Waals surface area contributed by atoms with Gasteiger partial charge in [-0.1, -0.05) is 40.7 Å². The lowest BCUT2D eigenvalue weighted by atomic mass is 10.2. The normalized spacial score (nSPS) is 10.9. The van der Waals surface area contributed by atoms with Crippen molar-refractivity contribution in [1.82, 2.24) is 15.1 Å². The highest BCUT2D eigenvalue weighted by molar-refractivity contribution is 8.00. The number of nitrogens with zero attached hydrogens (tertiary/aromatic N) is 3. The summed E-state index contributed by atoms with van der Waals surface area (Å²) in [6.45, 7) is 1.97. The maximum Gasteiger partial charge on any atom is 0.237 e. The molecule has 3 rings (SSSR count). The Kier molecular flexibility index (Phi) is 4.05. The van der Waals surface area contributed by atoms with Gasteiger partial charge in [-0.3, -0.25) is 0 Å². The fourth-order valence-corrected chi connectivity index (χ4v) is 3.49. The van der Waals surface area contributed by atoms with Crippen molar-refractivity contribution in [1.29, 1.82) is 0 Å². The standard InChI is InChI=1S/C13H10ClN3OS2/c1-8-6-19-13(15-8)20-7-11-16-12(17-18-11)9-4-2-3-5-10(9)14/h2-6H,7H2,1H3. The van der Waals surface area contributed by atoms with Gasteiger partial charge in [-0.25, -0.2) is 4.98 Å². The first-order valence-electron chi connectivity index (χ1n) is 5.85. The van der Waals surface area contributed by atoms with E-state index in [9.17, 15) is 0 Å². The van der Waals surface area contributed by atoms with Crippen LogP contribution in [0.1, 0.15) is 11.6 Å². The molecule has 4 nitrogen and oxygen atoms in total. The second-order valence-corrected chi connectivity index (χ2v) is 6.52. The van der Waals surface area contributed by atoms with Crippen molar-refractivity contribution in [3.05, 3.63) is 46.3 Å². The van der Waals surface area contributed by atoms with Crippen LogP contribution in [0.4, 0.5) is 0 Å². The van der Waals surface area contributed by atoms with E-state index in [0.717, 1.165) is 15.6 Å². The topological polar surface area (TPSA) is 51.8 Å². The van der Waals surface area contributed by atoms with Crippen molar-refractivity contribution in [3.8, 4) is 11.4 Å². The highest BCUT2D eigenvalue weighted by Gasteiger charge is 2.12. The van der Waals surface area contributed by atoms with Crippen molar-refractivity contribution >= 4 is 34.7 Å². The van der Waals surface area contributed by atoms with Gasteiger partial charge in [0.25, 0.3) is 0 Å². The number of aromatic nitrogens is 3. The van der Waals surface area contributed by atoms with Crippen LogP contribution < -0.4 is 0 Å². The summed E-state index contributed by atoms with van der Waals surface area (Å²) in [6.07, 6.45) is 0. The van der Waals surface area contributed by atoms with Crippen LogP contribution in [-0.2, 0) is 5.75 Å². The first-order chi connectivity index (χ1) is 9.72. The minimum Gasteiger partial charge on any atom is -0.338 e. The lowest BCUT2D eigenvalue weighted by molar-refractivity contribution is 0.391. The molecule has 0 fully saturated rings. The number of thioether (sulfide) groups is 1. The van der Waals surface area contributed by atoms with E-state index in [1.807, 2.05) is 30.5 Å². The van der Waals surface area contributed by atoms with Crippen LogP contribution in [0.2, 0.25) is 5.02 Å². The summed E-state index contributed by atoms with van der Waals surface area (Å²) in [6, 6.07) is 7.44. The minimum absolute atomic E-state index is 0.515. The second-order valence-electron chi connectivity index (χ2n) is 4.04. The molecule has 0 saturated carbocycles. The Bertz CT molecular complexity index is 726. The molecule has 20 heavy (non-hydrogen) atoms. The summed E-state index contributed by atoms with van der Waals surface area (Å²) in [4.78, 5) is 8.73. The Morgan fingerprint density at radius 1 is 1.30 bits per heavy atom. The van der Waals surface area contributed by atoms with Gasteiger partial charge in [0.2, 0.25) is 11.7 Å². The lowest BCUT2D eigenvalue weighted by Gasteiger charge is -1.95. The Morgan fingerprint density at radius 2 is 2.15 bits per heavy atom. The molecular weight excluding hydrogens is 314 g/mol. The molecule has 0 amide bonds. The van der Waals surface area contributed by atoms with Gasteiger partial charge in [-0.05, 0) is 19.1 Å². The summed E-state index contributed by atoms with van der Waals surface area (Å²) in [5.41, 5.74) is 1.80. The molecule has 7 heteroatoms. The number of benzene rings is 1. The predicted octanol–water partition coefficient (Wildman–Crippen LogP) is 4.45. The fourth-order valence-electron chi connectivity index (χ4n) is 1.59. The highest BCUT2D eigenvalue weighted by atomic mass is 35.5. The van der Waals surface area contributed by atoms with Crippen LogP contribution in [0.5, 0.6) is 0 Å². The van der Waals surface area contributed by atoms with E-state index < -0.39 is 0 Å². The average Bonchev–Trinajstić information content (AvgIpc) is 3.06. The fraction of sp³-hybridized carbons (Fsp3) is 0.154. The third-order valence-corrected chi connectivity index (χ3v) is 4.95. The van der Waals surface area contributed by atoms with Crippen molar-refractivity contribution in [3.63, 3.8) is 0 Å². The van der Waals surface area contributed by atoms with Crippen LogP contribution in [0.15, 0.2) is 38.5 Å². The van der Waals surface area contributed by atoms with E-state index in [1.54, 1.807) is 29.2 Å². The van der Waals surface area contributed by atoms with Crippen LogP contribution in [0, 0.1) is 6.92 Å². The summed E-state index contributed by atoms with van der Waals surface area (Å²) >= 11 is 9.31. The van der Waals surface area contributed by atoms with E-state index in [0.29, 0.717) is 22.5 Å². The van der Waals surface area contributed by atoms with E-state index in [-0.39, 0.29) is 0 Å². The molecule has 0 aliphatic carbocycles. The Labute approximate surface area is 129 Å². The molecule has 1 aromatic carbocycles. The Morgan fingerprint density at radius 3 is 2.90 bits per heavy atom. The molecule has 0 bridgehead atoms. The van der Waals surface area contributed by atoms with Crippen LogP contribution in [0.25, 0.3) is 11.4 Å². The number of rotatable bonds is 4. The molecule has 102 valence electrons. The molecule has 0 saturated heterocycles. The number of hydrogen-bond donors (Lipinski definition) is 0. The maximum absolute atomic E-state index is 6.11. The molecule has 0 atom stereocenters. The number of thiazole rings is 1. The van der Waals surface area contributed by atoms with Crippen LogP contribution >= 0.6 is 34.7 Å². The van der Waals surface area contributed by atoms with Crippen LogP contribution in [0.3, 0.4) is 0 Å². The molecule has 0 aliphatic rings. The zero-order chi connectivity index (χ0) is 13.9. The summed E-state index contributed by atoms with van der Waals surface area (Å²) in [5, 5.41) is 6.60. The average molecular weight is 324 g/mol. The van der Waals surface area contributed by atoms with Crippen molar-refractivity contribution < 1.29 is 4.52 Å². The first-order valence-corrected chi connectivity index (χ1v) is 8.09. The SMILES string of the molecule is Cc1csc(SCc2nc(-c3ccccc3Cl)no2)n1. The number of halogens is 1. The van der Waals surface area contributed by atoms with Gasteiger partial charge >= 0.3 is 0 Å². The quantitative estimate of drug-likeness (QED) is 0.664. The summed E-state index contributed by atoms with van der Waals surface area (Å²) < 4.78 is 6.24. The van der Waals surface area contributed by atoms with Crippen LogP contribution in [-0.4, -0.2) is 15.1 Å². The van der Waals surface area contributed by atoms with E-state index in [2.05, 4.69) is 15.1 Å². The summed E-state index contributed by atoms with van der Waals surface area (Å²) in [5.74, 6) is 1.68. The number of hydrogen-bond acceptors (Lipinski definition) is 6.